The molecule has 2 amide bonds. The van der Waals surface area contributed by atoms with Crippen molar-refractivity contribution in [1.29, 1.82) is 5.26 Å². The highest BCUT2D eigenvalue weighted by Crippen LogP contribution is 2.26. The molecule has 0 unspecified atom stereocenters. The van der Waals surface area contributed by atoms with Crippen LogP contribution in [0, 0.1) is 25.2 Å². The molecule has 0 saturated heterocycles. The van der Waals surface area contributed by atoms with Crippen LogP contribution in [0.3, 0.4) is 0 Å². The standard InChI is InChI=1S/C18H24N4O3S/c1-4-5-9-26-12-22(17-13(2)7-6-8-14(17)3)16(23)11-25-21-15(10-19)18(20)24/h6-8H,4-5,9,11-12H2,1-3H3,(H2,20,24). The van der Waals surface area contributed by atoms with Crippen LogP contribution in [0.1, 0.15) is 30.9 Å². The van der Waals surface area contributed by atoms with Crippen molar-refractivity contribution in [1.82, 2.24) is 0 Å². The van der Waals surface area contributed by atoms with Gasteiger partial charge in [0, 0.05) is 0 Å². The number of nitriles is 1. The number of nitrogens with two attached hydrogens (primary N) is 1. The van der Waals surface area contributed by atoms with Crippen molar-refractivity contribution < 1.29 is 14.4 Å². The van der Waals surface area contributed by atoms with Gasteiger partial charge in [0.25, 0.3) is 11.8 Å². The molecule has 2 N–H and O–H groups in total. The van der Waals surface area contributed by atoms with E-state index in [1.54, 1.807) is 16.7 Å². The molecular weight excluding hydrogens is 352 g/mol. The highest BCUT2D eigenvalue weighted by atomic mass is 32.2. The Kier molecular flexibility index (Phi) is 9.23. The predicted molar refractivity (Wildman–Crippen MR) is 104 cm³/mol. The number of carbonyl (C=O) groups excluding carboxylic acids is 2. The van der Waals surface area contributed by atoms with Gasteiger partial charge in [0.15, 0.2) is 6.61 Å². The largest absolute Gasteiger partial charge is 0.384 e. The number of benzene rings is 1. The maximum atomic E-state index is 12.7. The van der Waals surface area contributed by atoms with Crippen LogP contribution >= 0.6 is 11.8 Å². The molecule has 0 aliphatic heterocycles. The number of aryl methyl sites for hydroxylation is 2. The van der Waals surface area contributed by atoms with Crippen LogP contribution in [-0.2, 0) is 14.4 Å². The van der Waals surface area contributed by atoms with E-state index in [0.717, 1.165) is 35.4 Å². The first-order valence-corrected chi connectivity index (χ1v) is 9.42. The Morgan fingerprint density at radius 2 is 2.00 bits per heavy atom. The number of rotatable bonds is 10. The van der Waals surface area contributed by atoms with Crippen LogP contribution in [-0.4, -0.2) is 35.8 Å². The quantitative estimate of drug-likeness (QED) is 0.292. The molecular formula is C18H24N4O3S. The molecule has 0 atom stereocenters. The van der Waals surface area contributed by atoms with Gasteiger partial charge in [-0.3, -0.25) is 14.5 Å². The number of hydrogen-bond donors (Lipinski definition) is 1. The summed E-state index contributed by atoms with van der Waals surface area (Å²) in [5, 5.41) is 12.1. The van der Waals surface area contributed by atoms with E-state index < -0.39 is 11.6 Å². The highest BCUT2D eigenvalue weighted by molar-refractivity contribution is 7.99. The van der Waals surface area contributed by atoms with E-state index in [4.69, 9.17) is 15.8 Å². The lowest BCUT2D eigenvalue weighted by Crippen LogP contribution is -2.35. The van der Waals surface area contributed by atoms with Gasteiger partial charge in [-0.25, -0.2) is 0 Å². The van der Waals surface area contributed by atoms with Crippen LogP contribution in [0.15, 0.2) is 23.4 Å². The van der Waals surface area contributed by atoms with Crippen molar-refractivity contribution in [2.24, 2.45) is 10.9 Å². The van der Waals surface area contributed by atoms with E-state index in [1.807, 2.05) is 32.0 Å². The average molecular weight is 376 g/mol. The number of amides is 2. The number of anilines is 1. The lowest BCUT2D eigenvalue weighted by molar-refractivity contribution is -0.123. The monoisotopic (exact) mass is 376 g/mol. The second kappa shape index (κ2) is 11.2. The van der Waals surface area contributed by atoms with Crippen molar-refractivity contribution >= 4 is 35.0 Å². The molecule has 1 aromatic carbocycles. The van der Waals surface area contributed by atoms with Crippen molar-refractivity contribution in [2.45, 2.75) is 33.6 Å². The molecule has 0 radical (unpaired) electrons. The van der Waals surface area contributed by atoms with Gasteiger partial charge < -0.3 is 10.6 Å². The maximum absolute atomic E-state index is 12.7. The number of thioether (sulfide) groups is 1. The summed E-state index contributed by atoms with van der Waals surface area (Å²) >= 11 is 1.66. The van der Waals surface area contributed by atoms with Crippen molar-refractivity contribution in [2.75, 3.05) is 23.1 Å². The molecule has 0 spiro atoms. The molecule has 8 heteroatoms. The molecule has 1 rings (SSSR count). The summed E-state index contributed by atoms with van der Waals surface area (Å²) in [5.74, 6) is 0.127. The zero-order valence-corrected chi connectivity index (χ0v) is 16.1. The van der Waals surface area contributed by atoms with Crippen LogP contribution < -0.4 is 10.6 Å². The van der Waals surface area contributed by atoms with E-state index >= 15 is 0 Å². The fourth-order valence-corrected chi connectivity index (χ4v) is 3.32. The maximum Gasteiger partial charge on any atom is 0.281 e. The smallest absolute Gasteiger partial charge is 0.281 e. The van der Waals surface area contributed by atoms with Crippen LogP contribution in [0.2, 0.25) is 0 Å². The summed E-state index contributed by atoms with van der Waals surface area (Å²) in [6, 6.07) is 7.35. The number of para-hydroxylation sites is 1. The molecule has 0 saturated carbocycles. The number of hydrogen-bond acceptors (Lipinski definition) is 6. The SMILES string of the molecule is CCCCSCN(C(=O)CON=C(C#N)C(N)=O)c1c(C)cccc1C. The van der Waals surface area contributed by atoms with Crippen molar-refractivity contribution in [3.63, 3.8) is 0 Å². The lowest BCUT2D eigenvalue weighted by Gasteiger charge is -2.25. The van der Waals surface area contributed by atoms with Gasteiger partial charge in [0.2, 0.25) is 5.71 Å². The highest BCUT2D eigenvalue weighted by Gasteiger charge is 2.20. The second-order valence-electron chi connectivity index (χ2n) is 5.64. The molecule has 0 aliphatic rings. The summed E-state index contributed by atoms with van der Waals surface area (Å²) < 4.78 is 0. The Morgan fingerprint density at radius 3 is 2.54 bits per heavy atom. The molecule has 0 bridgehead atoms. The topological polar surface area (TPSA) is 109 Å². The summed E-state index contributed by atoms with van der Waals surface area (Å²) in [6.45, 7) is 5.62. The fourth-order valence-electron chi connectivity index (χ4n) is 2.25. The Balaban J connectivity index is 2.92. The number of oxime groups is 1. The third-order valence-electron chi connectivity index (χ3n) is 3.56. The Morgan fingerprint density at radius 1 is 1.35 bits per heavy atom. The van der Waals surface area contributed by atoms with E-state index in [-0.39, 0.29) is 12.5 Å². The van der Waals surface area contributed by atoms with Crippen LogP contribution in [0.5, 0.6) is 0 Å². The summed E-state index contributed by atoms with van der Waals surface area (Å²) in [4.78, 5) is 30.1. The second-order valence-corrected chi connectivity index (χ2v) is 6.72. The minimum Gasteiger partial charge on any atom is -0.384 e. The molecule has 7 nitrogen and oxygen atoms in total. The van der Waals surface area contributed by atoms with Gasteiger partial charge >= 0.3 is 0 Å². The fraction of sp³-hybridized carbons (Fsp3) is 0.444. The minimum absolute atomic E-state index is 0.308. The molecule has 140 valence electrons. The zero-order valence-electron chi connectivity index (χ0n) is 15.3. The normalized spacial score (nSPS) is 10.9. The number of unbranched alkanes of at least 4 members (excludes halogenated alkanes) is 1. The minimum atomic E-state index is -0.998. The van der Waals surface area contributed by atoms with Crippen molar-refractivity contribution in [3.05, 3.63) is 29.3 Å². The van der Waals surface area contributed by atoms with E-state index in [1.165, 1.54) is 6.07 Å². The summed E-state index contributed by atoms with van der Waals surface area (Å²) in [5.41, 5.74) is 7.20. The summed E-state index contributed by atoms with van der Waals surface area (Å²) in [7, 11) is 0. The number of nitrogens with zero attached hydrogens (tertiary/aromatic N) is 3. The van der Waals surface area contributed by atoms with Gasteiger partial charge in [-0.1, -0.05) is 36.7 Å². The molecule has 0 aromatic heterocycles. The first-order chi connectivity index (χ1) is 12.4. The van der Waals surface area contributed by atoms with E-state index in [0.29, 0.717) is 5.88 Å². The van der Waals surface area contributed by atoms with Gasteiger partial charge in [-0.15, -0.1) is 11.8 Å². The average Bonchev–Trinajstić information content (AvgIpc) is 2.59. The van der Waals surface area contributed by atoms with E-state index in [9.17, 15) is 9.59 Å². The van der Waals surface area contributed by atoms with Gasteiger partial charge in [0.1, 0.15) is 6.07 Å². The molecule has 0 heterocycles. The summed E-state index contributed by atoms with van der Waals surface area (Å²) in [6.07, 6.45) is 2.16. The van der Waals surface area contributed by atoms with E-state index in [2.05, 4.69) is 12.1 Å². The Bertz CT molecular complexity index is 693. The first-order valence-electron chi connectivity index (χ1n) is 8.26. The molecule has 1 aromatic rings. The number of primary amides is 1. The zero-order chi connectivity index (χ0) is 19.5. The first kappa shape index (κ1) is 21.5. The Hall–Kier alpha value is -2.53. The lowest BCUT2D eigenvalue weighted by atomic mass is 10.1. The van der Waals surface area contributed by atoms with Crippen LogP contribution in [0.25, 0.3) is 0 Å². The Labute approximate surface area is 158 Å². The van der Waals surface area contributed by atoms with Gasteiger partial charge in [-0.05, 0) is 37.1 Å². The number of carbonyl (C=O) groups is 2. The van der Waals surface area contributed by atoms with Crippen LogP contribution in [0.4, 0.5) is 5.69 Å². The third-order valence-corrected chi connectivity index (χ3v) is 4.57. The van der Waals surface area contributed by atoms with Gasteiger partial charge in [-0.2, -0.15) is 5.26 Å². The van der Waals surface area contributed by atoms with Crippen molar-refractivity contribution in [3.8, 4) is 6.07 Å². The molecule has 0 fully saturated rings. The third kappa shape index (κ3) is 6.41. The van der Waals surface area contributed by atoms with Gasteiger partial charge in [0.05, 0.1) is 11.6 Å². The molecule has 26 heavy (non-hydrogen) atoms. The predicted octanol–water partition coefficient (Wildman–Crippen LogP) is 2.51. The molecule has 0 aliphatic carbocycles.